The van der Waals surface area contributed by atoms with Crippen LogP contribution in [0.2, 0.25) is 5.02 Å². The topological polar surface area (TPSA) is 52.7 Å². The second-order valence-electron chi connectivity index (χ2n) is 9.86. The summed E-state index contributed by atoms with van der Waals surface area (Å²) in [6, 6.07) is 28.5. The van der Waals surface area contributed by atoms with Crippen molar-refractivity contribution in [3.05, 3.63) is 130 Å². The van der Waals surface area contributed by atoms with Gasteiger partial charge in [-0.2, -0.15) is 0 Å². The van der Waals surface area contributed by atoms with Crippen molar-refractivity contribution in [3.63, 3.8) is 0 Å². The quantitative estimate of drug-likeness (QED) is 0.219. The Labute approximate surface area is 240 Å². The van der Waals surface area contributed by atoms with Crippen LogP contribution in [0.15, 0.2) is 97.1 Å². The lowest BCUT2D eigenvalue weighted by molar-refractivity contribution is -0.134. The van der Waals surface area contributed by atoms with Gasteiger partial charge < -0.3 is 15.1 Å². The molecule has 1 N–H and O–H groups in total. The van der Waals surface area contributed by atoms with Gasteiger partial charge in [0.1, 0.15) is 5.82 Å². The molecule has 4 rings (SSSR count). The predicted molar refractivity (Wildman–Crippen MR) is 160 cm³/mol. The van der Waals surface area contributed by atoms with Crippen LogP contribution in [0, 0.1) is 5.82 Å². The van der Waals surface area contributed by atoms with E-state index in [1.165, 1.54) is 12.1 Å². The lowest BCUT2D eigenvalue weighted by Gasteiger charge is -2.29. The van der Waals surface area contributed by atoms with Gasteiger partial charge in [-0.25, -0.2) is 4.39 Å². The number of hydrogen-bond acceptors (Lipinski definition) is 3. The third kappa shape index (κ3) is 7.07. The summed E-state index contributed by atoms with van der Waals surface area (Å²) >= 11 is 6.23. The fourth-order valence-electron chi connectivity index (χ4n) is 4.76. The molecular weight excluding hydrogens is 525 g/mol. The highest BCUT2D eigenvalue weighted by atomic mass is 35.5. The highest BCUT2D eigenvalue weighted by Crippen LogP contribution is 2.29. The number of hydrogen-bond donors (Lipinski definition) is 1. The van der Waals surface area contributed by atoms with Crippen molar-refractivity contribution in [2.75, 3.05) is 24.3 Å². The Bertz CT molecular complexity index is 1460. The zero-order chi connectivity index (χ0) is 28.6. The molecule has 0 aromatic heterocycles. The van der Waals surface area contributed by atoms with Crippen LogP contribution in [-0.2, 0) is 17.9 Å². The minimum Gasteiger partial charge on any atom is -0.377 e. The molecule has 4 aromatic rings. The van der Waals surface area contributed by atoms with Crippen LogP contribution in [0.5, 0.6) is 0 Å². The molecule has 5 nitrogen and oxygen atoms in total. The average Bonchev–Trinajstić information content (AvgIpc) is 2.95. The molecule has 0 saturated heterocycles. The summed E-state index contributed by atoms with van der Waals surface area (Å²) in [7, 11) is 3.87. The second kappa shape index (κ2) is 13.3. The molecule has 206 valence electrons. The molecule has 0 bridgehead atoms. The van der Waals surface area contributed by atoms with E-state index in [0.29, 0.717) is 35.8 Å². The molecule has 0 aliphatic heterocycles. The normalized spacial score (nSPS) is 11.5. The molecule has 0 fully saturated rings. The smallest absolute Gasteiger partial charge is 0.257 e. The van der Waals surface area contributed by atoms with Gasteiger partial charge in [0.05, 0.1) is 16.5 Å². The maximum atomic E-state index is 14.1. The molecule has 0 heterocycles. The van der Waals surface area contributed by atoms with Crippen molar-refractivity contribution < 1.29 is 14.0 Å². The van der Waals surface area contributed by atoms with E-state index in [0.717, 1.165) is 22.4 Å². The predicted octanol–water partition coefficient (Wildman–Crippen LogP) is 7.52. The molecule has 4 aromatic carbocycles. The molecule has 2 amide bonds. The summed E-state index contributed by atoms with van der Waals surface area (Å²) in [5, 5.41) is 3.31. The highest BCUT2D eigenvalue weighted by molar-refractivity contribution is 6.34. The Morgan fingerprint density at radius 2 is 1.55 bits per heavy atom. The van der Waals surface area contributed by atoms with Crippen LogP contribution in [-0.4, -0.2) is 30.8 Å². The molecule has 7 heteroatoms. The first-order valence-corrected chi connectivity index (χ1v) is 13.6. The fourth-order valence-corrected chi connectivity index (χ4v) is 4.98. The summed E-state index contributed by atoms with van der Waals surface area (Å²) in [5.74, 6) is -0.987. The van der Waals surface area contributed by atoms with E-state index >= 15 is 0 Å². The highest BCUT2D eigenvalue weighted by Gasteiger charge is 2.26. The number of amides is 2. The summed E-state index contributed by atoms with van der Waals surface area (Å²) in [5.41, 5.74) is 4.53. The van der Waals surface area contributed by atoms with Crippen molar-refractivity contribution in [3.8, 4) is 0 Å². The van der Waals surface area contributed by atoms with Crippen LogP contribution < -0.4 is 10.2 Å². The number of rotatable bonds is 10. The minimum absolute atomic E-state index is 0.0202. The van der Waals surface area contributed by atoms with Gasteiger partial charge in [0.15, 0.2) is 0 Å². The lowest BCUT2D eigenvalue weighted by atomic mass is 9.94. The Kier molecular flexibility index (Phi) is 9.56. The van der Waals surface area contributed by atoms with Gasteiger partial charge in [0.25, 0.3) is 5.91 Å². The van der Waals surface area contributed by atoms with Crippen molar-refractivity contribution in [1.82, 2.24) is 4.90 Å². The minimum atomic E-state index is -0.326. The Hall–Kier alpha value is -4.16. The van der Waals surface area contributed by atoms with Gasteiger partial charge in [-0.15, -0.1) is 0 Å². The van der Waals surface area contributed by atoms with E-state index < -0.39 is 0 Å². The zero-order valence-corrected chi connectivity index (χ0v) is 23.7. The second-order valence-corrected chi connectivity index (χ2v) is 10.3. The molecule has 1 unspecified atom stereocenters. The number of carbonyl (C=O) groups excluding carboxylic acids is 2. The molecule has 0 radical (unpaired) electrons. The van der Waals surface area contributed by atoms with Crippen LogP contribution in [0.1, 0.15) is 46.3 Å². The Balaban J connectivity index is 1.68. The van der Waals surface area contributed by atoms with E-state index in [9.17, 15) is 14.0 Å². The average molecular weight is 558 g/mol. The molecule has 40 heavy (non-hydrogen) atoms. The lowest BCUT2D eigenvalue weighted by Crippen LogP contribution is -2.34. The van der Waals surface area contributed by atoms with Crippen molar-refractivity contribution >= 4 is 34.8 Å². The first kappa shape index (κ1) is 28.8. The maximum absolute atomic E-state index is 14.1. The van der Waals surface area contributed by atoms with Gasteiger partial charge in [-0.05, 0) is 65.6 Å². The monoisotopic (exact) mass is 557 g/mol. The largest absolute Gasteiger partial charge is 0.377 e. The van der Waals surface area contributed by atoms with Crippen LogP contribution >= 0.6 is 11.6 Å². The molecule has 0 aliphatic carbocycles. The van der Waals surface area contributed by atoms with Crippen molar-refractivity contribution in [2.24, 2.45) is 0 Å². The van der Waals surface area contributed by atoms with Crippen LogP contribution in [0.4, 0.5) is 15.8 Å². The van der Waals surface area contributed by atoms with Gasteiger partial charge in [-0.1, -0.05) is 73.1 Å². The number of halogens is 2. The summed E-state index contributed by atoms with van der Waals surface area (Å²) in [4.78, 5) is 30.8. The number of nitrogens with zero attached hydrogens (tertiary/aromatic N) is 2. The molecule has 0 spiro atoms. The number of anilines is 2. The summed E-state index contributed by atoms with van der Waals surface area (Å²) < 4.78 is 13.6. The van der Waals surface area contributed by atoms with E-state index in [1.54, 1.807) is 41.3 Å². The van der Waals surface area contributed by atoms with E-state index in [4.69, 9.17) is 11.6 Å². The summed E-state index contributed by atoms with van der Waals surface area (Å²) in [6.07, 6.45) is 0.636. The standard InChI is InChI=1S/C33H33ClFN3O2/c1-4-28(24-10-6-5-7-11-24)33(40)38(21-23-14-16-26(35)17-15-23)22-25-20-27(18-19-31(25)37(2)3)36-32(39)29-12-8-9-13-30(29)34/h5-20,28H,4,21-22H2,1-3H3,(H,36,39). The first-order valence-electron chi connectivity index (χ1n) is 13.2. The molecule has 0 saturated carbocycles. The van der Waals surface area contributed by atoms with Gasteiger partial charge in [0.2, 0.25) is 5.91 Å². The fraction of sp³-hybridized carbons (Fsp3) is 0.212. The number of carbonyl (C=O) groups is 2. The van der Waals surface area contributed by atoms with E-state index in [-0.39, 0.29) is 23.5 Å². The molecule has 0 aliphatic rings. The SMILES string of the molecule is CCC(C(=O)N(Cc1ccc(F)cc1)Cc1cc(NC(=O)c2ccccc2Cl)ccc1N(C)C)c1ccccc1. The van der Waals surface area contributed by atoms with Crippen LogP contribution in [0.3, 0.4) is 0 Å². The van der Waals surface area contributed by atoms with Gasteiger partial charge in [0, 0.05) is 38.6 Å². The first-order chi connectivity index (χ1) is 19.3. The van der Waals surface area contributed by atoms with Crippen molar-refractivity contribution in [1.29, 1.82) is 0 Å². The van der Waals surface area contributed by atoms with Gasteiger partial charge >= 0.3 is 0 Å². The Morgan fingerprint density at radius 1 is 0.875 bits per heavy atom. The third-order valence-electron chi connectivity index (χ3n) is 6.81. The number of nitrogens with one attached hydrogen (secondary N) is 1. The van der Waals surface area contributed by atoms with E-state index in [1.807, 2.05) is 74.4 Å². The molecular formula is C33H33ClFN3O2. The van der Waals surface area contributed by atoms with E-state index in [2.05, 4.69) is 5.32 Å². The number of benzene rings is 4. The zero-order valence-electron chi connectivity index (χ0n) is 22.9. The van der Waals surface area contributed by atoms with Crippen molar-refractivity contribution in [2.45, 2.75) is 32.4 Å². The van der Waals surface area contributed by atoms with Gasteiger partial charge in [-0.3, -0.25) is 9.59 Å². The van der Waals surface area contributed by atoms with Crippen LogP contribution in [0.25, 0.3) is 0 Å². The third-order valence-corrected chi connectivity index (χ3v) is 7.14. The molecule has 1 atom stereocenters. The maximum Gasteiger partial charge on any atom is 0.257 e. The summed E-state index contributed by atoms with van der Waals surface area (Å²) in [6.45, 7) is 2.61. The Morgan fingerprint density at radius 3 is 2.20 bits per heavy atom.